The van der Waals surface area contributed by atoms with Gasteiger partial charge in [-0.2, -0.15) is 0 Å². The third kappa shape index (κ3) is 7.38. The lowest BCUT2D eigenvalue weighted by molar-refractivity contribution is -0.308. The molecule has 0 radical (unpaired) electrons. The van der Waals surface area contributed by atoms with Crippen LogP contribution in [0, 0.1) is 6.92 Å². The highest BCUT2D eigenvalue weighted by Gasteiger charge is 2.54. The molecule has 0 aliphatic carbocycles. The summed E-state index contributed by atoms with van der Waals surface area (Å²) in [4.78, 5) is 25.3. The third-order valence-electron chi connectivity index (χ3n) is 5.83. The number of carbonyl (C=O) groups excluding carboxylic acids is 2. The predicted octanol–water partition coefficient (Wildman–Crippen LogP) is 4.34. The van der Waals surface area contributed by atoms with E-state index in [9.17, 15) is 13.8 Å². The summed E-state index contributed by atoms with van der Waals surface area (Å²) in [5, 5.41) is 2.59. The standard InChI is InChI=1S/C25H26Cl3NO8S/c1-14-8-10-17(11-9-14)38(32)23-19(29-24(31)34-13-25(26,27)28)21(35-15(2)30)20-18(36-23)12-33-22(37-20)16-6-4-3-5-7-16/h3-11,18-23H,12-13H2,1-2H3,(H,29,31)/t18-,19-,20-,21-,22-,23+,38?/m1/s1. The molecule has 0 saturated carbocycles. The van der Waals surface area contributed by atoms with E-state index in [1.54, 1.807) is 24.3 Å². The van der Waals surface area contributed by atoms with Gasteiger partial charge in [0.2, 0.25) is 3.79 Å². The first-order chi connectivity index (χ1) is 18.0. The van der Waals surface area contributed by atoms with Crippen molar-refractivity contribution in [2.24, 2.45) is 0 Å². The van der Waals surface area contributed by atoms with Gasteiger partial charge in [-0.1, -0.05) is 82.8 Å². The van der Waals surface area contributed by atoms with E-state index in [0.717, 1.165) is 11.1 Å². The van der Waals surface area contributed by atoms with Crippen LogP contribution in [0.25, 0.3) is 0 Å². The average molecular weight is 607 g/mol. The first-order valence-corrected chi connectivity index (χ1v) is 14.0. The van der Waals surface area contributed by atoms with Crippen LogP contribution >= 0.6 is 34.8 Å². The molecule has 0 spiro atoms. The summed E-state index contributed by atoms with van der Waals surface area (Å²) in [5.41, 5.74) is 0.549. The van der Waals surface area contributed by atoms with Crippen LogP contribution in [0.3, 0.4) is 0 Å². The number of esters is 1. The summed E-state index contributed by atoms with van der Waals surface area (Å²) in [6, 6.07) is 15.0. The Morgan fingerprint density at radius 1 is 1.08 bits per heavy atom. The molecule has 9 nitrogen and oxygen atoms in total. The van der Waals surface area contributed by atoms with Gasteiger partial charge in [-0.15, -0.1) is 0 Å². The Hall–Kier alpha value is -1.92. The highest BCUT2D eigenvalue weighted by Crippen LogP contribution is 2.37. The van der Waals surface area contributed by atoms with Crippen LogP contribution in [0.4, 0.5) is 4.79 Å². The minimum Gasteiger partial charge on any atom is -0.457 e. The molecule has 0 bridgehead atoms. The van der Waals surface area contributed by atoms with Crippen molar-refractivity contribution in [1.29, 1.82) is 0 Å². The minimum absolute atomic E-state index is 0.0635. The lowest BCUT2D eigenvalue weighted by atomic mass is 9.96. The van der Waals surface area contributed by atoms with E-state index in [1.165, 1.54) is 6.92 Å². The maximum Gasteiger partial charge on any atom is 0.407 e. The zero-order chi connectivity index (χ0) is 27.4. The molecule has 2 saturated heterocycles. The highest BCUT2D eigenvalue weighted by atomic mass is 35.6. The Kier molecular flexibility index (Phi) is 9.57. The molecule has 1 N–H and O–H groups in total. The normalized spacial score (nSPS) is 28.0. The second-order valence-corrected chi connectivity index (χ2v) is 12.8. The maximum absolute atomic E-state index is 13.7. The van der Waals surface area contributed by atoms with Gasteiger partial charge in [-0.05, 0) is 19.1 Å². The fraction of sp³-hybridized carbons (Fsp3) is 0.440. The van der Waals surface area contributed by atoms with Gasteiger partial charge in [0.15, 0.2) is 17.8 Å². The molecule has 2 fully saturated rings. The molecule has 1 unspecified atom stereocenters. The van der Waals surface area contributed by atoms with Crippen LogP contribution in [-0.4, -0.2) is 63.1 Å². The van der Waals surface area contributed by atoms with Gasteiger partial charge in [0.25, 0.3) is 0 Å². The fourth-order valence-electron chi connectivity index (χ4n) is 4.15. The maximum atomic E-state index is 13.7. The molecular formula is C25H26Cl3NO8S. The number of alkyl carbamates (subject to hydrolysis) is 1. The summed E-state index contributed by atoms with van der Waals surface area (Å²) in [6.07, 6.45) is -4.51. The van der Waals surface area contributed by atoms with Gasteiger partial charge in [0.05, 0.1) is 17.4 Å². The number of fused-ring (bicyclic) bond motifs is 1. The predicted molar refractivity (Wildman–Crippen MR) is 140 cm³/mol. The largest absolute Gasteiger partial charge is 0.457 e. The molecule has 1 amide bonds. The van der Waals surface area contributed by atoms with Gasteiger partial charge in [0, 0.05) is 17.4 Å². The summed E-state index contributed by atoms with van der Waals surface area (Å²) in [5.74, 6) is -0.636. The van der Waals surface area contributed by atoms with E-state index >= 15 is 0 Å². The highest BCUT2D eigenvalue weighted by molar-refractivity contribution is 7.85. The number of nitrogens with one attached hydrogen (secondary N) is 1. The first kappa shape index (κ1) is 29.1. The zero-order valence-electron chi connectivity index (χ0n) is 20.4. The van der Waals surface area contributed by atoms with E-state index in [2.05, 4.69) is 5.32 Å². The number of hydrogen-bond acceptors (Lipinski definition) is 8. The lowest BCUT2D eigenvalue weighted by Crippen LogP contribution is -2.68. The first-order valence-electron chi connectivity index (χ1n) is 11.6. The smallest absolute Gasteiger partial charge is 0.407 e. The van der Waals surface area contributed by atoms with Crippen LogP contribution in [0.5, 0.6) is 0 Å². The summed E-state index contributed by atoms with van der Waals surface area (Å²) in [6.45, 7) is 2.64. The van der Waals surface area contributed by atoms with Crippen LogP contribution in [0.15, 0.2) is 59.5 Å². The number of carbonyl (C=O) groups is 2. The van der Waals surface area contributed by atoms with E-state index in [0.29, 0.717) is 4.90 Å². The van der Waals surface area contributed by atoms with E-state index in [-0.39, 0.29) is 6.61 Å². The van der Waals surface area contributed by atoms with Gasteiger partial charge >= 0.3 is 12.1 Å². The molecule has 2 aromatic rings. The van der Waals surface area contributed by atoms with Gasteiger partial charge < -0.3 is 29.0 Å². The second-order valence-electron chi connectivity index (χ2n) is 8.77. The molecule has 2 heterocycles. The van der Waals surface area contributed by atoms with Crippen molar-refractivity contribution in [2.45, 2.75) is 58.6 Å². The molecule has 13 heteroatoms. The summed E-state index contributed by atoms with van der Waals surface area (Å²) < 4.78 is 40.8. The number of halogens is 3. The molecular weight excluding hydrogens is 581 g/mol. The third-order valence-corrected chi connectivity index (χ3v) is 7.72. The minimum atomic E-state index is -1.85. The SMILES string of the molecule is CC(=O)O[C@@H]1[C@@H](NC(=O)OCC(Cl)(Cl)Cl)[C@H](S(=O)c2ccc(C)cc2)O[C@@H]2CO[C@@H](c3ccccc3)O[C@@H]12. The van der Waals surface area contributed by atoms with Gasteiger partial charge in [0.1, 0.15) is 24.9 Å². The van der Waals surface area contributed by atoms with E-state index in [1.807, 2.05) is 37.3 Å². The van der Waals surface area contributed by atoms with E-state index in [4.69, 9.17) is 58.5 Å². The Bertz CT molecular complexity index is 1150. The van der Waals surface area contributed by atoms with Crippen molar-refractivity contribution >= 4 is 57.7 Å². The van der Waals surface area contributed by atoms with Crippen LogP contribution in [-0.2, 0) is 39.3 Å². The monoisotopic (exact) mass is 605 g/mol. The second kappa shape index (κ2) is 12.5. The van der Waals surface area contributed by atoms with Gasteiger partial charge in [-0.25, -0.2) is 4.79 Å². The average Bonchev–Trinajstić information content (AvgIpc) is 2.88. The number of alkyl halides is 3. The number of amides is 1. The Balaban J connectivity index is 1.66. The molecule has 7 atom stereocenters. The van der Waals surface area contributed by atoms with Crippen molar-refractivity contribution < 1.29 is 37.5 Å². The van der Waals surface area contributed by atoms with Crippen molar-refractivity contribution in [2.75, 3.05) is 13.2 Å². The Morgan fingerprint density at radius 3 is 2.39 bits per heavy atom. The van der Waals surface area contributed by atoms with Crippen LogP contribution < -0.4 is 5.32 Å². The Labute approximate surface area is 237 Å². The van der Waals surface area contributed by atoms with Crippen molar-refractivity contribution in [3.8, 4) is 0 Å². The van der Waals surface area contributed by atoms with E-state index < -0.39 is 69.3 Å². The van der Waals surface area contributed by atoms with Crippen molar-refractivity contribution in [1.82, 2.24) is 5.32 Å². The molecule has 38 heavy (non-hydrogen) atoms. The quantitative estimate of drug-likeness (QED) is 0.382. The molecule has 2 aliphatic heterocycles. The lowest BCUT2D eigenvalue weighted by Gasteiger charge is -2.48. The molecule has 0 aromatic heterocycles. The number of aryl methyl sites for hydroxylation is 1. The van der Waals surface area contributed by atoms with Crippen LogP contribution in [0.1, 0.15) is 24.3 Å². The number of rotatable bonds is 6. The van der Waals surface area contributed by atoms with Gasteiger partial charge in [-0.3, -0.25) is 9.00 Å². The topological polar surface area (TPSA) is 109 Å². The fourth-order valence-corrected chi connectivity index (χ4v) is 5.72. The molecule has 2 aromatic carbocycles. The van der Waals surface area contributed by atoms with Crippen LogP contribution in [0.2, 0.25) is 0 Å². The molecule has 2 aliphatic rings. The number of benzene rings is 2. The number of ether oxygens (including phenoxy) is 5. The Morgan fingerprint density at radius 2 is 1.76 bits per heavy atom. The zero-order valence-corrected chi connectivity index (χ0v) is 23.5. The molecule has 4 rings (SSSR count). The summed E-state index contributed by atoms with van der Waals surface area (Å²) >= 11 is 17.1. The molecule has 206 valence electrons. The summed E-state index contributed by atoms with van der Waals surface area (Å²) in [7, 11) is -1.81. The van der Waals surface area contributed by atoms with Crippen molar-refractivity contribution in [3.05, 3.63) is 65.7 Å². The number of hydrogen-bond donors (Lipinski definition) is 1. The van der Waals surface area contributed by atoms with Crippen molar-refractivity contribution in [3.63, 3.8) is 0 Å².